The third kappa shape index (κ3) is 3.47. The van der Waals surface area contributed by atoms with Crippen molar-refractivity contribution >= 4 is 6.29 Å². The zero-order chi connectivity index (χ0) is 16.3. The highest BCUT2D eigenvalue weighted by Crippen LogP contribution is 2.29. The first-order valence-corrected chi connectivity index (χ1v) is 6.67. The molecule has 0 radical (unpaired) electrons. The molecule has 0 heterocycles. The van der Waals surface area contributed by atoms with Crippen molar-refractivity contribution in [1.29, 1.82) is 0 Å². The molecule has 2 aromatic rings. The Morgan fingerprint density at radius 1 is 1.00 bits per heavy atom. The number of aldehydes is 1. The molecule has 0 N–H and O–H groups in total. The van der Waals surface area contributed by atoms with Crippen LogP contribution in [0.1, 0.15) is 32.6 Å². The fourth-order valence-corrected chi connectivity index (χ4v) is 2.05. The van der Waals surface area contributed by atoms with E-state index in [-0.39, 0.29) is 6.61 Å². The monoisotopic (exact) mass is 308 g/mol. The lowest BCUT2D eigenvalue weighted by Crippen LogP contribution is -2.05. The van der Waals surface area contributed by atoms with E-state index >= 15 is 0 Å². The second-order valence-corrected chi connectivity index (χ2v) is 5.00. The number of hydrogen-bond acceptors (Lipinski definition) is 2. The highest BCUT2D eigenvalue weighted by molar-refractivity contribution is 5.78. The van der Waals surface area contributed by atoms with Crippen molar-refractivity contribution < 1.29 is 22.7 Å². The molecule has 0 spiro atoms. The van der Waals surface area contributed by atoms with Crippen molar-refractivity contribution in [2.24, 2.45) is 0 Å². The Morgan fingerprint density at radius 3 is 2.18 bits per heavy atom. The third-order valence-electron chi connectivity index (χ3n) is 3.58. The predicted octanol–water partition coefficient (Wildman–Crippen LogP) is 4.71. The second-order valence-electron chi connectivity index (χ2n) is 5.00. The fraction of sp³-hybridized carbons (Fsp3) is 0.235. The molecule has 0 amide bonds. The van der Waals surface area contributed by atoms with Crippen molar-refractivity contribution in [2.75, 3.05) is 0 Å². The molecule has 0 bridgehead atoms. The fourth-order valence-electron chi connectivity index (χ4n) is 2.05. The first-order valence-electron chi connectivity index (χ1n) is 6.67. The summed E-state index contributed by atoms with van der Waals surface area (Å²) in [6, 6.07) is 8.21. The van der Waals surface area contributed by atoms with Crippen molar-refractivity contribution in [3.05, 3.63) is 64.2 Å². The molecule has 0 saturated carbocycles. The van der Waals surface area contributed by atoms with Crippen LogP contribution in [0.3, 0.4) is 0 Å². The van der Waals surface area contributed by atoms with Gasteiger partial charge in [0.15, 0.2) is 0 Å². The van der Waals surface area contributed by atoms with E-state index in [9.17, 15) is 18.0 Å². The highest BCUT2D eigenvalue weighted by atomic mass is 19.4. The van der Waals surface area contributed by atoms with Crippen molar-refractivity contribution in [2.45, 2.75) is 26.6 Å². The molecule has 0 fully saturated rings. The predicted molar refractivity (Wildman–Crippen MR) is 77.1 cm³/mol. The molecule has 0 aliphatic heterocycles. The summed E-state index contributed by atoms with van der Waals surface area (Å²) < 4.78 is 43.1. The normalized spacial score (nSPS) is 11.3. The van der Waals surface area contributed by atoms with Crippen LogP contribution >= 0.6 is 0 Å². The number of alkyl halides is 3. The molecule has 2 nitrogen and oxygen atoms in total. The van der Waals surface area contributed by atoms with Gasteiger partial charge in [-0.25, -0.2) is 0 Å². The SMILES string of the molecule is Cc1c(C=O)ccc(OCc2ccc(C(F)(F)F)cc2)c1C. The van der Waals surface area contributed by atoms with Crippen molar-refractivity contribution in [3.63, 3.8) is 0 Å². The lowest BCUT2D eigenvalue weighted by Gasteiger charge is -2.13. The van der Waals surface area contributed by atoms with Crippen LogP contribution in [-0.4, -0.2) is 6.29 Å². The molecule has 0 aliphatic rings. The molecule has 22 heavy (non-hydrogen) atoms. The number of carbonyl (C=O) groups is 1. The summed E-state index contributed by atoms with van der Waals surface area (Å²) in [6.45, 7) is 3.83. The average molecular weight is 308 g/mol. The first-order chi connectivity index (χ1) is 10.3. The molecule has 0 unspecified atom stereocenters. The van der Waals surface area contributed by atoms with Crippen LogP contribution in [-0.2, 0) is 12.8 Å². The van der Waals surface area contributed by atoms with E-state index in [2.05, 4.69) is 0 Å². The Hall–Kier alpha value is -2.30. The van der Waals surface area contributed by atoms with Crippen LogP contribution in [0.25, 0.3) is 0 Å². The minimum Gasteiger partial charge on any atom is -0.489 e. The smallest absolute Gasteiger partial charge is 0.416 e. The Bertz CT molecular complexity index is 674. The molecule has 0 aromatic heterocycles. The first kappa shape index (κ1) is 16.1. The van der Waals surface area contributed by atoms with Gasteiger partial charge < -0.3 is 4.74 Å². The maximum absolute atomic E-state index is 12.5. The summed E-state index contributed by atoms with van der Waals surface area (Å²) in [5, 5.41) is 0. The van der Waals surface area contributed by atoms with E-state index in [0.717, 1.165) is 29.5 Å². The summed E-state index contributed by atoms with van der Waals surface area (Å²) in [4.78, 5) is 10.9. The standard InChI is InChI=1S/C17H15F3O2/c1-11-12(2)16(8-5-14(11)9-21)22-10-13-3-6-15(7-4-13)17(18,19)20/h3-9H,10H2,1-2H3. The zero-order valence-electron chi connectivity index (χ0n) is 12.2. The van der Waals surface area contributed by atoms with Gasteiger partial charge in [0.05, 0.1) is 5.56 Å². The van der Waals surface area contributed by atoms with E-state index in [1.165, 1.54) is 12.1 Å². The van der Waals surface area contributed by atoms with Gasteiger partial charge in [-0.1, -0.05) is 12.1 Å². The summed E-state index contributed by atoms with van der Waals surface area (Å²) in [6.07, 6.45) is -3.56. The van der Waals surface area contributed by atoms with E-state index < -0.39 is 11.7 Å². The van der Waals surface area contributed by atoms with Gasteiger partial charge in [-0.05, 0) is 54.8 Å². The Kier molecular flexibility index (Phi) is 4.54. The molecule has 0 atom stereocenters. The van der Waals surface area contributed by atoms with Gasteiger partial charge in [-0.15, -0.1) is 0 Å². The van der Waals surface area contributed by atoms with E-state index in [0.29, 0.717) is 16.9 Å². The maximum Gasteiger partial charge on any atom is 0.416 e. The molecule has 116 valence electrons. The molecule has 2 aromatic carbocycles. The van der Waals surface area contributed by atoms with Gasteiger partial charge in [-0.3, -0.25) is 4.79 Å². The van der Waals surface area contributed by atoms with Crippen LogP contribution in [0.15, 0.2) is 36.4 Å². The topological polar surface area (TPSA) is 26.3 Å². The number of rotatable bonds is 4. The summed E-state index contributed by atoms with van der Waals surface area (Å²) in [5.74, 6) is 0.614. The molecule has 2 rings (SSSR count). The molecule has 0 saturated heterocycles. The molecule has 5 heteroatoms. The minimum atomic E-state index is -4.34. The van der Waals surface area contributed by atoms with Crippen molar-refractivity contribution in [3.8, 4) is 5.75 Å². The quantitative estimate of drug-likeness (QED) is 0.764. The number of ether oxygens (including phenoxy) is 1. The highest BCUT2D eigenvalue weighted by Gasteiger charge is 2.29. The van der Waals surface area contributed by atoms with Crippen molar-refractivity contribution in [1.82, 2.24) is 0 Å². The zero-order valence-corrected chi connectivity index (χ0v) is 12.2. The maximum atomic E-state index is 12.5. The van der Waals surface area contributed by atoms with Gasteiger partial charge >= 0.3 is 6.18 Å². The number of hydrogen-bond donors (Lipinski definition) is 0. The number of halogens is 3. The van der Waals surface area contributed by atoms with Gasteiger partial charge in [0.2, 0.25) is 0 Å². The van der Waals surface area contributed by atoms with Gasteiger partial charge in [0.25, 0.3) is 0 Å². The molecular weight excluding hydrogens is 293 g/mol. The van der Waals surface area contributed by atoms with Gasteiger partial charge in [0, 0.05) is 5.56 Å². The summed E-state index contributed by atoms with van der Waals surface area (Å²) in [7, 11) is 0. The van der Waals surface area contributed by atoms with E-state index in [1.807, 2.05) is 13.8 Å². The summed E-state index contributed by atoms with van der Waals surface area (Å²) >= 11 is 0. The Balaban J connectivity index is 2.10. The van der Waals surface area contributed by atoms with Crippen LogP contribution < -0.4 is 4.74 Å². The molecular formula is C17H15F3O2. The lowest BCUT2D eigenvalue weighted by molar-refractivity contribution is -0.137. The average Bonchev–Trinajstić information content (AvgIpc) is 2.48. The number of benzene rings is 2. The lowest BCUT2D eigenvalue weighted by atomic mass is 10.0. The largest absolute Gasteiger partial charge is 0.489 e. The van der Waals surface area contributed by atoms with E-state index in [1.54, 1.807) is 12.1 Å². The third-order valence-corrected chi connectivity index (χ3v) is 3.58. The van der Waals surface area contributed by atoms with Crippen LogP contribution in [0.4, 0.5) is 13.2 Å². The number of carbonyl (C=O) groups excluding carboxylic acids is 1. The van der Waals surface area contributed by atoms with Crippen LogP contribution in [0.2, 0.25) is 0 Å². The van der Waals surface area contributed by atoms with E-state index in [4.69, 9.17) is 4.74 Å². The van der Waals surface area contributed by atoms with Gasteiger partial charge in [-0.2, -0.15) is 13.2 Å². The molecule has 0 aliphatic carbocycles. The van der Waals surface area contributed by atoms with Gasteiger partial charge in [0.1, 0.15) is 18.6 Å². The Morgan fingerprint density at radius 2 is 1.64 bits per heavy atom. The second kappa shape index (κ2) is 6.22. The minimum absolute atomic E-state index is 0.166. The van der Waals surface area contributed by atoms with Crippen LogP contribution in [0, 0.1) is 13.8 Å². The summed E-state index contributed by atoms with van der Waals surface area (Å²) in [5.41, 5.74) is 2.24. The van der Waals surface area contributed by atoms with Crippen LogP contribution in [0.5, 0.6) is 5.75 Å². The Labute approximate surface area is 126 Å².